The highest BCUT2D eigenvalue weighted by atomic mass is 35.5. The molecule has 2 fully saturated rings. The second-order valence-electron chi connectivity index (χ2n) is 6.92. The number of hydrogen-bond donors (Lipinski definition) is 1. The molecule has 140 valence electrons. The highest BCUT2D eigenvalue weighted by Crippen LogP contribution is 2.49. The van der Waals surface area contributed by atoms with Crippen LogP contribution in [0.3, 0.4) is 0 Å². The lowest BCUT2D eigenvalue weighted by atomic mass is 9.97. The average molecular weight is 377 g/mol. The first kappa shape index (κ1) is 20.0. The van der Waals surface area contributed by atoms with Gasteiger partial charge < -0.3 is 10.2 Å². The van der Waals surface area contributed by atoms with Crippen LogP contribution in [0.15, 0.2) is 24.3 Å². The molecule has 1 amide bonds. The number of rotatable bonds is 4. The molecule has 1 N–H and O–H groups in total. The van der Waals surface area contributed by atoms with E-state index < -0.39 is 11.7 Å². The molecule has 1 aromatic rings. The van der Waals surface area contributed by atoms with E-state index in [-0.39, 0.29) is 30.2 Å². The van der Waals surface area contributed by atoms with E-state index in [0.29, 0.717) is 17.9 Å². The van der Waals surface area contributed by atoms with Crippen LogP contribution in [0.5, 0.6) is 0 Å². The van der Waals surface area contributed by atoms with E-state index in [1.54, 1.807) is 6.07 Å². The summed E-state index contributed by atoms with van der Waals surface area (Å²) >= 11 is 0. The zero-order chi connectivity index (χ0) is 17.3. The van der Waals surface area contributed by atoms with Gasteiger partial charge in [-0.1, -0.05) is 18.2 Å². The third kappa shape index (κ3) is 4.67. The van der Waals surface area contributed by atoms with Gasteiger partial charge in [0.05, 0.1) is 5.56 Å². The van der Waals surface area contributed by atoms with Crippen molar-refractivity contribution >= 4 is 18.3 Å². The minimum absolute atomic E-state index is 0. The number of piperidine rings is 1. The number of carbonyl (C=O) groups is 1. The Morgan fingerprint density at radius 1 is 1.36 bits per heavy atom. The molecule has 1 saturated carbocycles. The van der Waals surface area contributed by atoms with E-state index in [1.807, 2.05) is 11.9 Å². The Kier molecular flexibility index (Phi) is 6.38. The summed E-state index contributed by atoms with van der Waals surface area (Å²) in [5.41, 5.74) is -0.00267. The molecule has 3 unspecified atom stereocenters. The van der Waals surface area contributed by atoms with Crippen LogP contribution in [-0.4, -0.2) is 37.5 Å². The summed E-state index contributed by atoms with van der Waals surface area (Å²) in [6, 6.07) is 5.41. The lowest BCUT2D eigenvalue weighted by Gasteiger charge is -2.33. The molecule has 0 spiro atoms. The summed E-state index contributed by atoms with van der Waals surface area (Å²) in [7, 11) is 1.91. The van der Waals surface area contributed by atoms with Crippen molar-refractivity contribution in [3.05, 3.63) is 35.4 Å². The Balaban J connectivity index is 0.00000225. The summed E-state index contributed by atoms with van der Waals surface area (Å²) in [4.78, 5) is 14.6. The van der Waals surface area contributed by atoms with Crippen LogP contribution in [0.4, 0.5) is 13.2 Å². The van der Waals surface area contributed by atoms with Crippen molar-refractivity contribution in [2.75, 3.05) is 26.7 Å². The molecule has 1 aliphatic carbocycles. The maximum Gasteiger partial charge on any atom is 0.416 e. The summed E-state index contributed by atoms with van der Waals surface area (Å²) in [5, 5.41) is 3.15. The zero-order valence-electron chi connectivity index (χ0n) is 14.2. The molecule has 25 heavy (non-hydrogen) atoms. The summed E-state index contributed by atoms with van der Waals surface area (Å²) < 4.78 is 38.5. The normalized spacial score (nSPS) is 26.1. The zero-order valence-corrected chi connectivity index (χ0v) is 15.0. The van der Waals surface area contributed by atoms with Gasteiger partial charge in [0.1, 0.15) is 0 Å². The van der Waals surface area contributed by atoms with E-state index >= 15 is 0 Å². The highest BCUT2D eigenvalue weighted by molar-refractivity contribution is 5.85. The fourth-order valence-electron chi connectivity index (χ4n) is 3.74. The summed E-state index contributed by atoms with van der Waals surface area (Å²) in [6.45, 7) is 2.42. The second-order valence-corrected chi connectivity index (χ2v) is 6.92. The fraction of sp³-hybridized carbons (Fsp3) is 0.611. The molecule has 7 heteroatoms. The lowest BCUT2D eigenvalue weighted by Crippen LogP contribution is -2.43. The third-order valence-electron chi connectivity index (χ3n) is 5.07. The number of amides is 1. The van der Waals surface area contributed by atoms with Gasteiger partial charge in [0.15, 0.2) is 0 Å². The number of benzene rings is 1. The van der Waals surface area contributed by atoms with Gasteiger partial charge in [-0.15, -0.1) is 12.4 Å². The van der Waals surface area contributed by atoms with Gasteiger partial charge in [0.2, 0.25) is 5.91 Å². The third-order valence-corrected chi connectivity index (χ3v) is 5.07. The van der Waals surface area contributed by atoms with Crippen molar-refractivity contribution in [3.63, 3.8) is 0 Å². The molecule has 3 nitrogen and oxygen atoms in total. The van der Waals surface area contributed by atoms with Gasteiger partial charge in [0.25, 0.3) is 0 Å². The maximum absolute atomic E-state index is 12.8. The molecular weight excluding hydrogens is 353 g/mol. The predicted molar refractivity (Wildman–Crippen MR) is 92.8 cm³/mol. The Hall–Kier alpha value is -1.27. The number of nitrogens with one attached hydrogen (secondary N) is 1. The van der Waals surface area contributed by atoms with E-state index in [1.165, 1.54) is 12.1 Å². The summed E-state index contributed by atoms with van der Waals surface area (Å²) in [6.07, 6.45) is -1.56. The topological polar surface area (TPSA) is 32.3 Å². The van der Waals surface area contributed by atoms with E-state index in [4.69, 9.17) is 0 Å². The minimum atomic E-state index is -4.34. The number of carbonyl (C=O) groups excluding carboxylic acids is 1. The van der Waals surface area contributed by atoms with E-state index in [9.17, 15) is 18.0 Å². The minimum Gasteiger partial charge on any atom is -0.342 e. The van der Waals surface area contributed by atoms with Crippen LogP contribution >= 0.6 is 12.4 Å². The molecule has 1 aliphatic heterocycles. The molecule has 1 heterocycles. The van der Waals surface area contributed by atoms with Gasteiger partial charge in [-0.3, -0.25) is 4.79 Å². The number of nitrogens with zero attached hydrogens (tertiary/aromatic N) is 1. The Bertz CT molecular complexity index is 606. The quantitative estimate of drug-likeness (QED) is 0.869. The van der Waals surface area contributed by atoms with E-state index in [0.717, 1.165) is 38.5 Å². The van der Waals surface area contributed by atoms with Crippen molar-refractivity contribution in [1.82, 2.24) is 10.2 Å². The Labute approximate surface area is 152 Å². The van der Waals surface area contributed by atoms with Crippen LogP contribution in [0.25, 0.3) is 0 Å². The van der Waals surface area contributed by atoms with E-state index in [2.05, 4.69) is 5.32 Å². The van der Waals surface area contributed by atoms with Crippen LogP contribution in [0.1, 0.15) is 36.3 Å². The van der Waals surface area contributed by atoms with Crippen molar-refractivity contribution in [2.45, 2.75) is 31.4 Å². The predicted octanol–water partition coefficient (Wildman–Crippen LogP) is 3.69. The SMILES string of the molecule is CNCC1CCCN(C(=O)C2CC2c2cccc(C(F)(F)F)c2)C1.Cl. The molecular formula is C18H24ClF3N2O. The Morgan fingerprint density at radius 2 is 2.12 bits per heavy atom. The maximum atomic E-state index is 12.8. The first-order valence-electron chi connectivity index (χ1n) is 8.50. The number of likely N-dealkylation sites (tertiary alicyclic amines) is 1. The molecule has 0 radical (unpaired) electrons. The number of hydrogen-bond acceptors (Lipinski definition) is 2. The molecule has 0 bridgehead atoms. The monoisotopic (exact) mass is 376 g/mol. The van der Waals surface area contributed by atoms with Crippen molar-refractivity contribution in [1.29, 1.82) is 0 Å². The molecule has 3 atom stereocenters. The van der Waals surface area contributed by atoms with Gasteiger partial charge in [-0.2, -0.15) is 13.2 Å². The van der Waals surface area contributed by atoms with Gasteiger partial charge >= 0.3 is 6.18 Å². The fourth-order valence-corrected chi connectivity index (χ4v) is 3.74. The van der Waals surface area contributed by atoms with Crippen molar-refractivity contribution in [2.24, 2.45) is 11.8 Å². The first-order valence-corrected chi connectivity index (χ1v) is 8.50. The van der Waals surface area contributed by atoms with Crippen LogP contribution in [-0.2, 0) is 11.0 Å². The average Bonchev–Trinajstić information content (AvgIpc) is 3.35. The van der Waals surface area contributed by atoms with Crippen molar-refractivity contribution in [3.8, 4) is 0 Å². The van der Waals surface area contributed by atoms with Gasteiger partial charge in [-0.25, -0.2) is 0 Å². The second kappa shape index (κ2) is 7.96. The van der Waals surface area contributed by atoms with Crippen LogP contribution < -0.4 is 5.32 Å². The Morgan fingerprint density at radius 3 is 2.80 bits per heavy atom. The van der Waals surface area contributed by atoms with Crippen LogP contribution in [0, 0.1) is 11.8 Å². The smallest absolute Gasteiger partial charge is 0.342 e. The number of halogens is 4. The molecule has 0 aromatic heterocycles. The highest BCUT2D eigenvalue weighted by Gasteiger charge is 2.46. The standard InChI is InChI=1S/C18H23F3N2O.ClH/c1-22-10-12-4-3-7-23(11-12)17(24)16-9-15(16)13-5-2-6-14(8-13)18(19,20)21;/h2,5-6,8,12,15-16,22H,3-4,7,9-11H2,1H3;1H. The molecule has 1 saturated heterocycles. The first-order chi connectivity index (χ1) is 11.4. The summed E-state index contributed by atoms with van der Waals surface area (Å²) in [5.74, 6) is 0.364. The molecule has 2 aliphatic rings. The lowest BCUT2D eigenvalue weighted by molar-refractivity contribution is -0.137. The van der Waals surface area contributed by atoms with Crippen molar-refractivity contribution < 1.29 is 18.0 Å². The molecule has 3 rings (SSSR count). The van der Waals surface area contributed by atoms with Crippen LogP contribution in [0.2, 0.25) is 0 Å². The number of alkyl halides is 3. The van der Waals surface area contributed by atoms with Gasteiger partial charge in [0, 0.05) is 19.0 Å². The molecule has 1 aromatic carbocycles. The largest absolute Gasteiger partial charge is 0.416 e. The van der Waals surface area contributed by atoms with Gasteiger partial charge in [-0.05, 0) is 56.3 Å².